The van der Waals surface area contributed by atoms with E-state index in [4.69, 9.17) is 11.0 Å². The van der Waals surface area contributed by atoms with Crippen molar-refractivity contribution >= 4 is 0 Å². The van der Waals surface area contributed by atoms with Gasteiger partial charge in [-0.25, -0.2) is 0 Å². The van der Waals surface area contributed by atoms with Crippen LogP contribution < -0.4 is 5.73 Å². The summed E-state index contributed by atoms with van der Waals surface area (Å²) < 4.78 is 0. The Hall–Kier alpha value is -0.590. The van der Waals surface area contributed by atoms with Gasteiger partial charge in [-0.05, 0) is 25.7 Å². The second-order valence-corrected chi connectivity index (χ2v) is 4.21. The lowest BCUT2D eigenvalue weighted by molar-refractivity contribution is 0.259. The molecule has 1 rings (SSSR count). The molecule has 3 heteroatoms. The summed E-state index contributed by atoms with van der Waals surface area (Å²) in [5.41, 5.74) is 5.54. The maximum atomic E-state index is 8.53. The van der Waals surface area contributed by atoms with E-state index in [0.29, 0.717) is 6.04 Å². The van der Waals surface area contributed by atoms with Gasteiger partial charge in [0.05, 0.1) is 12.1 Å². The highest BCUT2D eigenvalue weighted by atomic mass is 15.2. The van der Waals surface area contributed by atoms with Crippen LogP contribution in [0.1, 0.15) is 26.7 Å². The molecule has 1 fully saturated rings. The molecule has 0 saturated carbocycles. The molecule has 1 heterocycles. The van der Waals surface area contributed by atoms with Gasteiger partial charge in [0.25, 0.3) is 0 Å². The SMILES string of the molecule is CC1CC(C)N(CCC(N)C#N)C1. The maximum absolute atomic E-state index is 8.53. The van der Waals surface area contributed by atoms with Crippen LogP contribution in [-0.4, -0.2) is 30.1 Å². The summed E-state index contributed by atoms with van der Waals surface area (Å²) in [7, 11) is 0. The number of hydrogen-bond donors (Lipinski definition) is 1. The third-order valence-corrected chi connectivity index (χ3v) is 2.81. The molecule has 0 aliphatic carbocycles. The Morgan fingerprint density at radius 3 is 2.77 bits per heavy atom. The van der Waals surface area contributed by atoms with Gasteiger partial charge in [-0.2, -0.15) is 5.26 Å². The predicted octanol–water partition coefficient (Wildman–Crippen LogP) is 0.958. The number of likely N-dealkylation sites (tertiary alicyclic amines) is 1. The number of nitrogens with two attached hydrogens (primary N) is 1. The Kier molecular flexibility index (Phi) is 3.71. The molecule has 1 saturated heterocycles. The second-order valence-electron chi connectivity index (χ2n) is 4.21. The van der Waals surface area contributed by atoms with Crippen molar-refractivity contribution in [3.8, 4) is 6.07 Å². The van der Waals surface area contributed by atoms with Gasteiger partial charge in [-0.15, -0.1) is 0 Å². The molecule has 0 spiro atoms. The summed E-state index contributed by atoms with van der Waals surface area (Å²) in [6.45, 7) is 6.67. The van der Waals surface area contributed by atoms with Crippen molar-refractivity contribution in [2.75, 3.05) is 13.1 Å². The maximum Gasteiger partial charge on any atom is 0.0940 e. The van der Waals surface area contributed by atoms with E-state index in [0.717, 1.165) is 18.9 Å². The molecule has 0 aromatic heterocycles. The first-order chi connectivity index (χ1) is 6.13. The van der Waals surface area contributed by atoms with Crippen LogP contribution in [0, 0.1) is 17.2 Å². The van der Waals surface area contributed by atoms with Crippen molar-refractivity contribution in [2.45, 2.75) is 38.8 Å². The van der Waals surface area contributed by atoms with Crippen molar-refractivity contribution in [1.82, 2.24) is 4.90 Å². The Balaban J connectivity index is 2.26. The summed E-state index contributed by atoms with van der Waals surface area (Å²) in [5.74, 6) is 0.799. The van der Waals surface area contributed by atoms with Gasteiger partial charge in [0, 0.05) is 19.1 Å². The minimum absolute atomic E-state index is 0.289. The van der Waals surface area contributed by atoms with E-state index >= 15 is 0 Å². The molecule has 0 radical (unpaired) electrons. The molecule has 0 aromatic rings. The monoisotopic (exact) mass is 181 g/mol. The van der Waals surface area contributed by atoms with Crippen LogP contribution in [0.3, 0.4) is 0 Å². The second kappa shape index (κ2) is 4.59. The standard InChI is InChI=1S/C10H19N3/c1-8-5-9(2)13(7-8)4-3-10(12)6-11/h8-10H,3-5,7,12H2,1-2H3. The van der Waals surface area contributed by atoms with Crippen molar-refractivity contribution in [1.29, 1.82) is 5.26 Å². The third-order valence-electron chi connectivity index (χ3n) is 2.81. The lowest BCUT2D eigenvalue weighted by Gasteiger charge is -2.21. The molecule has 0 amide bonds. The third kappa shape index (κ3) is 2.98. The minimum Gasteiger partial charge on any atom is -0.316 e. The van der Waals surface area contributed by atoms with Gasteiger partial charge in [0.15, 0.2) is 0 Å². The first-order valence-electron chi connectivity index (χ1n) is 5.02. The predicted molar refractivity (Wildman–Crippen MR) is 53.0 cm³/mol. The fourth-order valence-electron chi connectivity index (χ4n) is 2.07. The molecule has 1 aliphatic rings. The van der Waals surface area contributed by atoms with Gasteiger partial charge in [-0.3, -0.25) is 0 Å². The molecule has 2 N–H and O–H groups in total. The molecule has 3 unspecified atom stereocenters. The zero-order valence-electron chi connectivity index (χ0n) is 8.53. The molecule has 1 aliphatic heterocycles. The summed E-state index contributed by atoms with van der Waals surface area (Å²) in [4.78, 5) is 2.43. The van der Waals surface area contributed by atoms with Crippen LogP contribution >= 0.6 is 0 Å². The molecule has 3 atom stereocenters. The van der Waals surface area contributed by atoms with Crippen LogP contribution in [0.4, 0.5) is 0 Å². The minimum atomic E-state index is -0.289. The van der Waals surface area contributed by atoms with Gasteiger partial charge >= 0.3 is 0 Å². The van der Waals surface area contributed by atoms with Crippen molar-refractivity contribution < 1.29 is 0 Å². The molecule has 13 heavy (non-hydrogen) atoms. The van der Waals surface area contributed by atoms with E-state index in [-0.39, 0.29) is 6.04 Å². The number of rotatable bonds is 3. The fraction of sp³-hybridized carbons (Fsp3) is 0.900. The van der Waals surface area contributed by atoms with E-state index in [1.165, 1.54) is 13.0 Å². The Morgan fingerprint density at radius 1 is 1.62 bits per heavy atom. The summed E-state index contributed by atoms with van der Waals surface area (Å²) in [6.07, 6.45) is 2.08. The Labute approximate surface area is 80.5 Å². The van der Waals surface area contributed by atoms with Crippen LogP contribution in [0.2, 0.25) is 0 Å². The van der Waals surface area contributed by atoms with E-state index in [9.17, 15) is 0 Å². The first kappa shape index (κ1) is 10.5. The van der Waals surface area contributed by atoms with Crippen LogP contribution in [0.25, 0.3) is 0 Å². The Morgan fingerprint density at radius 2 is 2.31 bits per heavy atom. The van der Waals surface area contributed by atoms with Gasteiger partial charge < -0.3 is 10.6 Å². The first-order valence-corrected chi connectivity index (χ1v) is 5.02. The van der Waals surface area contributed by atoms with Crippen LogP contribution in [0.5, 0.6) is 0 Å². The van der Waals surface area contributed by atoms with E-state index in [2.05, 4.69) is 24.8 Å². The lowest BCUT2D eigenvalue weighted by Crippen LogP contribution is -2.32. The highest BCUT2D eigenvalue weighted by Crippen LogP contribution is 2.22. The van der Waals surface area contributed by atoms with E-state index in [1.807, 2.05) is 0 Å². The smallest absolute Gasteiger partial charge is 0.0940 e. The summed E-state index contributed by atoms with van der Waals surface area (Å²) in [5, 5.41) is 8.53. The van der Waals surface area contributed by atoms with Crippen molar-refractivity contribution in [3.63, 3.8) is 0 Å². The highest BCUT2D eigenvalue weighted by molar-refractivity contribution is 4.88. The molecular weight excluding hydrogens is 162 g/mol. The molecule has 3 nitrogen and oxygen atoms in total. The topological polar surface area (TPSA) is 53.0 Å². The summed E-state index contributed by atoms with van der Waals surface area (Å²) >= 11 is 0. The number of nitrogens with zero attached hydrogens (tertiary/aromatic N) is 2. The van der Waals surface area contributed by atoms with Gasteiger partial charge in [0.2, 0.25) is 0 Å². The fourth-order valence-corrected chi connectivity index (χ4v) is 2.07. The average molecular weight is 181 g/mol. The van der Waals surface area contributed by atoms with E-state index < -0.39 is 0 Å². The number of hydrogen-bond acceptors (Lipinski definition) is 3. The van der Waals surface area contributed by atoms with Crippen LogP contribution in [0.15, 0.2) is 0 Å². The van der Waals surface area contributed by atoms with Crippen molar-refractivity contribution in [2.24, 2.45) is 11.7 Å². The molecule has 0 bridgehead atoms. The van der Waals surface area contributed by atoms with Crippen LogP contribution in [-0.2, 0) is 0 Å². The Bertz CT molecular complexity index is 197. The van der Waals surface area contributed by atoms with Crippen molar-refractivity contribution in [3.05, 3.63) is 0 Å². The zero-order chi connectivity index (χ0) is 9.84. The van der Waals surface area contributed by atoms with Gasteiger partial charge in [0.1, 0.15) is 0 Å². The number of nitriles is 1. The quantitative estimate of drug-likeness (QED) is 0.705. The zero-order valence-corrected chi connectivity index (χ0v) is 8.53. The van der Waals surface area contributed by atoms with Gasteiger partial charge in [-0.1, -0.05) is 6.92 Å². The molecular formula is C10H19N3. The summed E-state index contributed by atoms with van der Waals surface area (Å²) in [6, 6.07) is 2.44. The molecule has 74 valence electrons. The average Bonchev–Trinajstić information content (AvgIpc) is 2.41. The normalized spacial score (nSPS) is 31.5. The van der Waals surface area contributed by atoms with E-state index in [1.54, 1.807) is 0 Å². The highest BCUT2D eigenvalue weighted by Gasteiger charge is 2.25. The lowest BCUT2D eigenvalue weighted by atomic mass is 10.1. The molecule has 0 aromatic carbocycles. The largest absolute Gasteiger partial charge is 0.316 e.